The number of carbonyl (C=O) groups is 2. The van der Waals surface area contributed by atoms with Crippen molar-refractivity contribution in [1.29, 1.82) is 5.26 Å². The highest BCUT2D eigenvalue weighted by Gasteiger charge is 2.17. The van der Waals surface area contributed by atoms with E-state index in [0.29, 0.717) is 24.5 Å². The average Bonchev–Trinajstić information content (AvgIpc) is 3.10. The van der Waals surface area contributed by atoms with Crippen LogP contribution >= 0.6 is 0 Å². The second-order valence-electron chi connectivity index (χ2n) is 5.34. The van der Waals surface area contributed by atoms with Crippen LogP contribution in [0.25, 0.3) is 6.08 Å². The lowest BCUT2D eigenvalue weighted by Crippen LogP contribution is -2.32. The van der Waals surface area contributed by atoms with Gasteiger partial charge in [-0.05, 0) is 36.6 Å². The van der Waals surface area contributed by atoms with Crippen LogP contribution in [0.5, 0.6) is 5.75 Å². The van der Waals surface area contributed by atoms with Crippen molar-refractivity contribution in [3.63, 3.8) is 0 Å². The number of primary amides is 1. The van der Waals surface area contributed by atoms with Crippen LogP contribution in [0, 0.1) is 11.3 Å². The van der Waals surface area contributed by atoms with Crippen molar-refractivity contribution in [1.82, 2.24) is 5.32 Å². The highest BCUT2D eigenvalue weighted by Crippen LogP contribution is 2.15. The van der Waals surface area contributed by atoms with Gasteiger partial charge in [-0.2, -0.15) is 5.26 Å². The van der Waals surface area contributed by atoms with Gasteiger partial charge in [0.25, 0.3) is 11.8 Å². The number of benzene rings is 1. The maximum atomic E-state index is 12.0. The summed E-state index contributed by atoms with van der Waals surface area (Å²) < 4.78 is 10.6. The molecule has 2 amide bonds. The predicted molar refractivity (Wildman–Crippen MR) is 86.7 cm³/mol. The molecule has 1 atom stereocenters. The Morgan fingerprint density at radius 3 is 2.75 bits per heavy atom. The van der Waals surface area contributed by atoms with Crippen molar-refractivity contribution in [2.24, 2.45) is 5.73 Å². The van der Waals surface area contributed by atoms with E-state index in [1.807, 2.05) is 6.07 Å². The summed E-state index contributed by atoms with van der Waals surface area (Å²) in [6, 6.07) is 8.53. The number of carbonyl (C=O) groups excluding carboxylic acids is 2. The summed E-state index contributed by atoms with van der Waals surface area (Å²) in [6.07, 6.45) is 3.42. The molecule has 0 aromatic heterocycles. The van der Waals surface area contributed by atoms with E-state index < -0.39 is 11.8 Å². The molecule has 24 heavy (non-hydrogen) atoms. The third kappa shape index (κ3) is 5.41. The molecule has 0 saturated carbocycles. The predicted octanol–water partition coefficient (Wildman–Crippen LogP) is 0.753. The van der Waals surface area contributed by atoms with E-state index in [0.717, 1.165) is 12.8 Å². The number of rotatable bonds is 7. The molecule has 1 aliphatic rings. The first-order chi connectivity index (χ1) is 11.6. The monoisotopic (exact) mass is 329 g/mol. The van der Waals surface area contributed by atoms with Gasteiger partial charge < -0.3 is 20.5 Å². The molecule has 1 saturated heterocycles. The van der Waals surface area contributed by atoms with Crippen molar-refractivity contribution >= 4 is 17.9 Å². The number of hydrogen-bond acceptors (Lipinski definition) is 5. The quantitative estimate of drug-likeness (QED) is 0.566. The Morgan fingerprint density at radius 2 is 2.17 bits per heavy atom. The second-order valence-corrected chi connectivity index (χ2v) is 5.34. The van der Waals surface area contributed by atoms with Crippen molar-refractivity contribution in [3.05, 3.63) is 35.4 Å². The number of nitrogens with one attached hydrogen (secondary N) is 1. The van der Waals surface area contributed by atoms with E-state index >= 15 is 0 Å². The Kier molecular flexibility index (Phi) is 6.34. The van der Waals surface area contributed by atoms with Gasteiger partial charge in [-0.15, -0.1) is 0 Å². The molecule has 126 valence electrons. The molecular weight excluding hydrogens is 310 g/mol. The Labute approximate surface area is 140 Å². The molecule has 0 spiro atoms. The minimum Gasteiger partial charge on any atom is -0.484 e. The van der Waals surface area contributed by atoms with E-state index in [-0.39, 0.29) is 18.3 Å². The van der Waals surface area contributed by atoms with Crippen LogP contribution in [-0.4, -0.2) is 37.7 Å². The largest absolute Gasteiger partial charge is 0.484 e. The van der Waals surface area contributed by atoms with E-state index in [1.165, 1.54) is 6.08 Å². The maximum absolute atomic E-state index is 12.0. The summed E-state index contributed by atoms with van der Waals surface area (Å²) in [5.41, 5.74) is 5.68. The zero-order chi connectivity index (χ0) is 17.4. The molecule has 1 aliphatic heterocycles. The lowest BCUT2D eigenvalue weighted by molar-refractivity contribution is -0.120. The first-order valence-corrected chi connectivity index (χ1v) is 7.61. The fourth-order valence-electron chi connectivity index (χ4n) is 2.24. The third-order valence-corrected chi connectivity index (χ3v) is 3.45. The van der Waals surface area contributed by atoms with Gasteiger partial charge in [0.05, 0.1) is 6.10 Å². The first kappa shape index (κ1) is 17.5. The van der Waals surface area contributed by atoms with Gasteiger partial charge in [0.2, 0.25) is 0 Å². The molecule has 1 heterocycles. The van der Waals surface area contributed by atoms with E-state index in [1.54, 1.807) is 24.3 Å². The molecule has 7 heteroatoms. The topological polar surface area (TPSA) is 114 Å². The van der Waals surface area contributed by atoms with E-state index in [4.69, 9.17) is 20.5 Å². The molecule has 2 rings (SSSR count). The van der Waals surface area contributed by atoms with Crippen LogP contribution in [0.3, 0.4) is 0 Å². The number of amides is 2. The van der Waals surface area contributed by atoms with Crippen molar-refractivity contribution in [2.45, 2.75) is 18.9 Å². The van der Waals surface area contributed by atoms with Gasteiger partial charge in [-0.25, -0.2) is 0 Å². The van der Waals surface area contributed by atoms with Crippen LogP contribution in [0.15, 0.2) is 29.8 Å². The fourth-order valence-corrected chi connectivity index (χ4v) is 2.24. The number of nitrogens with zero attached hydrogens (tertiary/aromatic N) is 1. The molecule has 1 aromatic carbocycles. The molecule has 0 aliphatic carbocycles. The van der Waals surface area contributed by atoms with Gasteiger partial charge in [-0.3, -0.25) is 9.59 Å². The Morgan fingerprint density at radius 1 is 1.42 bits per heavy atom. The summed E-state index contributed by atoms with van der Waals surface area (Å²) in [4.78, 5) is 22.7. The minimum atomic E-state index is -0.561. The molecule has 0 radical (unpaired) electrons. The van der Waals surface area contributed by atoms with Crippen LogP contribution < -0.4 is 15.8 Å². The standard InChI is InChI=1S/C17H19N3O4/c18-9-13(17(22)20-10-15-2-1-7-23-15)8-12-3-5-14(6-4-12)24-11-16(19)21/h3-6,8,15H,1-2,7,10-11H2,(H2,19,21)(H,20,22)/b13-8-. The SMILES string of the molecule is N#C/C(=C/c1ccc(OCC(N)=O)cc1)C(=O)NCC1CCCO1. The van der Waals surface area contributed by atoms with Crippen LogP contribution in [-0.2, 0) is 14.3 Å². The lowest BCUT2D eigenvalue weighted by Gasteiger charge is -2.10. The zero-order valence-electron chi connectivity index (χ0n) is 13.2. The van der Waals surface area contributed by atoms with Gasteiger partial charge in [0.15, 0.2) is 6.61 Å². The van der Waals surface area contributed by atoms with Crippen LogP contribution in [0.4, 0.5) is 0 Å². The minimum absolute atomic E-state index is 0.0128. The normalized spacial score (nSPS) is 17.1. The second kappa shape index (κ2) is 8.70. The van der Waals surface area contributed by atoms with Gasteiger partial charge in [0.1, 0.15) is 17.4 Å². The lowest BCUT2D eigenvalue weighted by atomic mass is 10.1. The summed E-state index contributed by atoms with van der Waals surface area (Å²) in [5, 5.41) is 11.9. The maximum Gasteiger partial charge on any atom is 0.262 e. The average molecular weight is 329 g/mol. The molecule has 1 fully saturated rings. The van der Waals surface area contributed by atoms with Gasteiger partial charge >= 0.3 is 0 Å². The molecule has 3 N–H and O–H groups in total. The Hall–Kier alpha value is -2.85. The summed E-state index contributed by atoms with van der Waals surface area (Å²) in [6.45, 7) is 0.910. The van der Waals surface area contributed by atoms with Crippen molar-refractivity contribution < 1.29 is 19.1 Å². The fraction of sp³-hybridized carbons (Fsp3) is 0.353. The number of ether oxygens (including phenoxy) is 2. The molecule has 0 bridgehead atoms. The Balaban J connectivity index is 1.94. The Bertz CT molecular complexity index is 655. The van der Waals surface area contributed by atoms with Gasteiger partial charge in [0, 0.05) is 13.2 Å². The zero-order valence-corrected chi connectivity index (χ0v) is 13.2. The number of hydrogen-bond donors (Lipinski definition) is 2. The molecule has 1 unspecified atom stereocenters. The number of nitriles is 1. The highest BCUT2D eigenvalue weighted by molar-refractivity contribution is 6.01. The molecular formula is C17H19N3O4. The smallest absolute Gasteiger partial charge is 0.262 e. The number of nitrogens with two attached hydrogens (primary N) is 1. The van der Waals surface area contributed by atoms with Gasteiger partial charge in [-0.1, -0.05) is 12.1 Å². The van der Waals surface area contributed by atoms with E-state index in [2.05, 4.69) is 5.32 Å². The summed E-state index contributed by atoms with van der Waals surface area (Å²) in [5.74, 6) is -0.511. The summed E-state index contributed by atoms with van der Waals surface area (Å²) >= 11 is 0. The molecule has 7 nitrogen and oxygen atoms in total. The van der Waals surface area contributed by atoms with Crippen LogP contribution in [0.1, 0.15) is 18.4 Å². The van der Waals surface area contributed by atoms with Crippen LogP contribution in [0.2, 0.25) is 0 Å². The molecule has 1 aromatic rings. The van der Waals surface area contributed by atoms with Crippen molar-refractivity contribution in [2.75, 3.05) is 19.8 Å². The van der Waals surface area contributed by atoms with Crippen molar-refractivity contribution in [3.8, 4) is 11.8 Å². The summed E-state index contributed by atoms with van der Waals surface area (Å²) in [7, 11) is 0. The van der Waals surface area contributed by atoms with E-state index in [9.17, 15) is 9.59 Å². The third-order valence-electron chi connectivity index (χ3n) is 3.45. The highest BCUT2D eigenvalue weighted by atomic mass is 16.5. The first-order valence-electron chi connectivity index (χ1n) is 7.61.